The number of carbonyl (C=O) groups is 1. The molecule has 0 radical (unpaired) electrons. The Hall–Kier alpha value is -4.90. The highest BCUT2D eigenvalue weighted by molar-refractivity contribution is 7.90. The number of aromatic nitrogens is 1. The first-order valence-electron chi connectivity index (χ1n) is 13.0. The maximum atomic E-state index is 14.5. The van der Waals surface area contributed by atoms with E-state index in [2.05, 4.69) is 9.69 Å². The predicted octanol–water partition coefficient (Wildman–Crippen LogP) is 7.29. The molecule has 1 fully saturated rings. The number of esters is 1. The number of hydrogen-bond donors (Lipinski definition) is 0. The van der Waals surface area contributed by atoms with Gasteiger partial charge in [0.1, 0.15) is 0 Å². The molecule has 0 unspecified atom stereocenters. The molecule has 42 heavy (non-hydrogen) atoms. The Labute approximate surface area is 247 Å². The molecule has 1 aliphatic heterocycles. The first-order chi connectivity index (χ1) is 20.3. The van der Waals surface area contributed by atoms with Crippen LogP contribution in [0, 0.1) is 26.0 Å². The van der Waals surface area contributed by atoms with Crippen molar-refractivity contribution in [1.82, 2.24) is 3.97 Å². The van der Waals surface area contributed by atoms with Crippen LogP contribution in [0.15, 0.2) is 83.1 Å². The molecule has 0 amide bonds. The zero-order valence-electron chi connectivity index (χ0n) is 22.7. The van der Waals surface area contributed by atoms with Crippen LogP contribution >= 0.6 is 11.3 Å². The van der Waals surface area contributed by atoms with E-state index >= 15 is 0 Å². The lowest BCUT2D eigenvalue weighted by atomic mass is 9.97. The number of hydrogen-bond acceptors (Lipinski definition) is 6. The summed E-state index contributed by atoms with van der Waals surface area (Å²) in [6.45, 7) is 18.3. The normalized spacial score (nSPS) is 13.4. The molecule has 10 heteroatoms. The lowest BCUT2D eigenvalue weighted by molar-refractivity contribution is -0.146. The Morgan fingerprint density at radius 2 is 1.76 bits per heavy atom. The van der Waals surface area contributed by atoms with Gasteiger partial charge in [-0.15, -0.1) is 0 Å². The van der Waals surface area contributed by atoms with Gasteiger partial charge >= 0.3 is 5.97 Å². The summed E-state index contributed by atoms with van der Waals surface area (Å²) in [7, 11) is -2.75. The van der Waals surface area contributed by atoms with E-state index in [-0.39, 0.29) is 16.8 Å². The van der Waals surface area contributed by atoms with Crippen LogP contribution < -0.4 is 4.90 Å². The fourth-order valence-corrected chi connectivity index (χ4v) is 7.58. The number of fused-ring (bicyclic) bond motifs is 1. The van der Waals surface area contributed by atoms with Crippen molar-refractivity contribution >= 4 is 54.6 Å². The molecule has 0 atom stereocenters. The molecule has 1 aliphatic rings. The van der Waals surface area contributed by atoms with E-state index in [1.807, 2.05) is 47.5 Å². The first kappa shape index (κ1) is 27.3. The number of ether oxygens (including phenoxy) is 1. The van der Waals surface area contributed by atoms with Gasteiger partial charge in [0.05, 0.1) is 42.3 Å². The van der Waals surface area contributed by atoms with E-state index in [1.54, 1.807) is 42.5 Å². The zero-order chi connectivity index (χ0) is 29.6. The quantitative estimate of drug-likeness (QED) is 0.153. The van der Waals surface area contributed by atoms with E-state index in [4.69, 9.17) is 17.9 Å². The number of thiophene rings is 1. The molecule has 0 aliphatic carbocycles. The molecule has 6 rings (SSSR count). The van der Waals surface area contributed by atoms with Gasteiger partial charge in [0.2, 0.25) is 5.00 Å². The first-order valence-corrected chi connectivity index (χ1v) is 15.4. The Morgan fingerprint density at radius 1 is 1.00 bits per heavy atom. The standard InChI is InChI=1S/C32H24N4O4S2/c1-20-8-11-25(12-9-20)42(38,39)36-28-13-10-23(33-2)17-27(28)29(26-14-15-41-31(26)34-3)30(36)21-6-5-7-24(16-21)35-18-22(19-35)32(37)40-4/h5-17,22H,18-19H2,1,4H3. The third-order valence-electron chi connectivity index (χ3n) is 7.51. The van der Waals surface area contributed by atoms with Crippen molar-refractivity contribution in [2.75, 3.05) is 25.1 Å². The molecule has 1 saturated heterocycles. The topological polar surface area (TPSA) is 77.3 Å². The molecular formula is C32H24N4O4S2. The van der Waals surface area contributed by atoms with Gasteiger partial charge in [-0.2, -0.15) is 11.3 Å². The Bertz CT molecular complexity index is 2060. The molecule has 3 aromatic carbocycles. The molecule has 0 saturated carbocycles. The van der Waals surface area contributed by atoms with Gasteiger partial charge in [0.15, 0.2) is 5.69 Å². The second kappa shape index (κ2) is 10.5. The van der Waals surface area contributed by atoms with Crippen LogP contribution in [-0.4, -0.2) is 38.6 Å². The fraction of sp³-hybridized carbons (Fsp3) is 0.156. The summed E-state index contributed by atoms with van der Waals surface area (Å²) in [5, 5.41) is 2.81. The van der Waals surface area contributed by atoms with Crippen LogP contribution in [0.3, 0.4) is 0 Å². The van der Waals surface area contributed by atoms with Gasteiger partial charge in [-0.1, -0.05) is 42.0 Å². The van der Waals surface area contributed by atoms with E-state index in [1.165, 1.54) is 22.4 Å². The Kier molecular flexibility index (Phi) is 6.82. The van der Waals surface area contributed by atoms with Crippen LogP contribution in [-0.2, 0) is 19.6 Å². The van der Waals surface area contributed by atoms with Crippen molar-refractivity contribution in [2.24, 2.45) is 5.92 Å². The average Bonchev–Trinajstić information content (AvgIpc) is 3.58. The van der Waals surface area contributed by atoms with E-state index in [0.29, 0.717) is 57.1 Å². The molecule has 0 spiro atoms. The van der Waals surface area contributed by atoms with Gasteiger partial charge in [-0.25, -0.2) is 22.1 Å². The van der Waals surface area contributed by atoms with Crippen molar-refractivity contribution in [2.45, 2.75) is 11.8 Å². The summed E-state index contributed by atoms with van der Waals surface area (Å²) in [5.41, 5.74) is 4.76. The van der Waals surface area contributed by atoms with Crippen LogP contribution in [0.2, 0.25) is 0 Å². The summed E-state index contributed by atoms with van der Waals surface area (Å²) >= 11 is 1.28. The number of nitrogens with zero attached hydrogens (tertiary/aromatic N) is 4. The van der Waals surface area contributed by atoms with Crippen molar-refractivity contribution in [3.8, 4) is 22.4 Å². The number of benzene rings is 3. The lowest BCUT2D eigenvalue weighted by Crippen LogP contribution is -2.50. The van der Waals surface area contributed by atoms with Crippen LogP contribution in [0.25, 0.3) is 43.0 Å². The van der Waals surface area contributed by atoms with Crippen molar-refractivity contribution in [3.05, 3.63) is 107 Å². The van der Waals surface area contributed by atoms with E-state index in [9.17, 15) is 13.2 Å². The molecule has 2 aromatic heterocycles. The van der Waals surface area contributed by atoms with Crippen LogP contribution in [0.4, 0.5) is 16.4 Å². The molecular weight excluding hydrogens is 569 g/mol. The number of carbonyl (C=O) groups excluding carboxylic acids is 1. The Morgan fingerprint density at radius 3 is 2.45 bits per heavy atom. The van der Waals surface area contributed by atoms with Crippen LogP contribution in [0.1, 0.15) is 5.56 Å². The maximum Gasteiger partial charge on any atom is 0.312 e. The molecule has 3 heterocycles. The summed E-state index contributed by atoms with van der Waals surface area (Å²) in [5.74, 6) is -0.476. The smallest absolute Gasteiger partial charge is 0.312 e. The summed E-state index contributed by atoms with van der Waals surface area (Å²) in [4.78, 5) is 21.5. The lowest BCUT2D eigenvalue weighted by Gasteiger charge is -2.39. The van der Waals surface area contributed by atoms with E-state index in [0.717, 1.165) is 11.3 Å². The molecule has 8 nitrogen and oxygen atoms in total. The van der Waals surface area contributed by atoms with Gasteiger partial charge in [0, 0.05) is 35.5 Å². The Balaban J connectivity index is 1.66. The van der Waals surface area contributed by atoms with Gasteiger partial charge in [-0.05, 0) is 54.1 Å². The molecule has 208 valence electrons. The van der Waals surface area contributed by atoms with Gasteiger partial charge in [0.25, 0.3) is 10.0 Å². The van der Waals surface area contributed by atoms with Crippen LogP contribution in [0.5, 0.6) is 0 Å². The van der Waals surface area contributed by atoms with Crippen molar-refractivity contribution < 1.29 is 17.9 Å². The fourth-order valence-electron chi connectivity index (χ4n) is 5.35. The zero-order valence-corrected chi connectivity index (χ0v) is 24.4. The molecule has 0 bridgehead atoms. The van der Waals surface area contributed by atoms with Gasteiger partial charge < -0.3 is 9.64 Å². The predicted molar refractivity (Wildman–Crippen MR) is 165 cm³/mol. The SMILES string of the molecule is [C-]#[N+]c1ccc2c(c1)c(-c1ccsc1[N+]#[C-])c(-c1cccc(N3CC(C(=O)OC)C3)c1)n2S(=O)(=O)c1ccc(C)cc1. The largest absolute Gasteiger partial charge is 0.469 e. The summed E-state index contributed by atoms with van der Waals surface area (Å²) in [6.07, 6.45) is 0. The highest BCUT2D eigenvalue weighted by Gasteiger charge is 2.34. The molecule has 0 N–H and O–H groups in total. The third kappa shape index (κ3) is 4.42. The van der Waals surface area contributed by atoms with Crippen molar-refractivity contribution in [1.29, 1.82) is 0 Å². The minimum absolute atomic E-state index is 0.127. The summed E-state index contributed by atoms with van der Waals surface area (Å²) in [6, 6.07) is 21.0. The minimum Gasteiger partial charge on any atom is -0.469 e. The number of rotatable bonds is 6. The summed E-state index contributed by atoms with van der Waals surface area (Å²) < 4.78 is 35.2. The second-order valence-electron chi connectivity index (χ2n) is 10.0. The van der Waals surface area contributed by atoms with Crippen molar-refractivity contribution in [3.63, 3.8) is 0 Å². The molecule has 5 aromatic rings. The monoisotopic (exact) mass is 592 g/mol. The average molecular weight is 593 g/mol. The highest BCUT2D eigenvalue weighted by atomic mass is 32.2. The highest BCUT2D eigenvalue weighted by Crippen LogP contribution is 2.48. The van der Waals surface area contributed by atoms with Gasteiger partial charge in [-0.3, -0.25) is 4.79 Å². The number of anilines is 1. The maximum absolute atomic E-state index is 14.5. The minimum atomic E-state index is -4.13. The third-order valence-corrected chi connectivity index (χ3v) is 10.0. The number of aryl methyl sites for hydroxylation is 1. The van der Waals surface area contributed by atoms with E-state index < -0.39 is 10.0 Å². The second-order valence-corrected chi connectivity index (χ2v) is 12.7. The number of methoxy groups -OCH3 is 1.